The molecule has 2 aromatic carbocycles. The molecule has 2 unspecified atom stereocenters. The topological polar surface area (TPSA) is 35.5 Å². The first kappa shape index (κ1) is 14.3. The first-order chi connectivity index (χ1) is 11.2. The lowest BCUT2D eigenvalue weighted by Crippen LogP contribution is -2.13. The fraction of sp³-hybridized carbons (Fsp3) is 0.350. The van der Waals surface area contributed by atoms with Crippen molar-refractivity contribution in [3.63, 3.8) is 0 Å². The van der Waals surface area contributed by atoms with Crippen LogP contribution in [-0.2, 0) is 28.0 Å². The van der Waals surface area contributed by atoms with Gasteiger partial charge >= 0.3 is 5.97 Å². The lowest BCUT2D eigenvalue weighted by molar-refractivity contribution is -0.142. The van der Waals surface area contributed by atoms with Gasteiger partial charge in [0.15, 0.2) is 0 Å². The summed E-state index contributed by atoms with van der Waals surface area (Å²) in [4.78, 5) is 11.8. The van der Waals surface area contributed by atoms with Crippen LogP contribution in [0.15, 0.2) is 48.5 Å². The number of ether oxygens (including phenoxy) is 2. The van der Waals surface area contributed by atoms with E-state index in [0.29, 0.717) is 6.61 Å². The van der Waals surface area contributed by atoms with E-state index < -0.39 is 0 Å². The Morgan fingerprint density at radius 2 is 2.04 bits per heavy atom. The van der Waals surface area contributed by atoms with Crippen LogP contribution in [0, 0.1) is 5.92 Å². The minimum absolute atomic E-state index is 0.0421. The number of methoxy groups -OCH3 is 1. The van der Waals surface area contributed by atoms with Crippen molar-refractivity contribution in [3.05, 3.63) is 65.2 Å². The Kier molecular flexibility index (Phi) is 3.37. The first-order valence-corrected chi connectivity index (χ1v) is 8.11. The van der Waals surface area contributed by atoms with E-state index in [0.717, 1.165) is 30.6 Å². The molecule has 0 saturated heterocycles. The molecule has 4 rings (SSSR count). The Bertz CT molecular complexity index is 738. The Morgan fingerprint density at radius 1 is 1.22 bits per heavy atom. The molecule has 0 aliphatic heterocycles. The van der Waals surface area contributed by atoms with Gasteiger partial charge in [0, 0.05) is 5.41 Å². The molecule has 0 N–H and O–H groups in total. The van der Waals surface area contributed by atoms with E-state index >= 15 is 0 Å². The summed E-state index contributed by atoms with van der Waals surface area (Å²) in [5, 5.41) is 0. The van der Waals surface area contributed by atoms with Gasteiger partial charge in [0.25, 0.3) is 0 Å². The molecule has 1 fully saturated rings. The molecule has 1 saturated carbocycles. The summed E-state index contributed by atoms with van der Waals surface area (Å²) < 4.78 is 10.8. The minimum atomic E-state index is -0.0674. The molecule has 3 nitrogen and oxygen atoms in total. The fourth-order valence-corrected chi connectivity index (χ4v) is 3.92. The fourth-order valence-electron chi connectivity index (χ4n) is 3.92. The SMILES string of the molecule is COC(=O)C1CC12CCc1cc(OCc3ccccc3)ccc12. The van der Waals surface area contributed by atoms with Crippen LogP contribution in [0.1, 0.15) is 29.5 Å². The van der Waals surface area contributed by atoms with Gasteiger partial charge in [-0.3, -0.25) is 4.79 Å². The molecule has 0 amide bonds. The summed E-state index contributed by atoms with van der Waals surface area (Å²) in [7, 11) is 1.48. The molecule has 0 heterocycles. The van der Waals surface area contributed by atoms with Gasteiger partial charge in [-0.15, -0.1) is 0 Å². The second-order valence-corrected chi connectivity index (χ2v) is 6.53. The summed E-state index contributed by atoms with van der Waals surface area (Å²) in [5.41, 5.74) is 3.85. The van der Waals surface area contributed by atoms with Crippen molar-refractivity contribution in [2.75, 3.05) is 7.11 Å². The van der Waals surface area contributed by atoms with Crippen LogP contribution in [0.25, 0.3) is 0 Å². The van der Waals surface area contributed by atoms with Crippen molar-refractivity contribution in [2.45, 2.75) is 31.3 Å². The molecule has 23 heavy (non-hydrogen) atoms. The number of fused-ring (bicyclic) bond motifs is 2. The second kappa shape index (κ2) is 5.41. The Morgan fingerprint density at radius 3 is 2.83 bits per heavy atom. The minimum Gasteiger partial charge on any atom is -0.489 e. The zero-order valence-electron chi connectivity index (χ0n) is 13.2. The summed E-state index contributed by atoms with van der Waals surface area (Å²) in [6.45, 7) is 0.579. The van der Waals surface area contributed by atoms with Crippen LogP contribution in [0.2, 0.25) is 0 Å². The van der Waals surface area contributed by atoms with Crippen molar-refractivity contribution < 1.29 is 14.3 Å². The second-order valence-electron chi connectivity index (χ2n) is 6.53. The predicted octanol–water partition coefficient (Wildman–Crippen LogP) is 3.64. The molecule has 2 aliphatic carbocycles. The van der Waals surface area contributed by atoms with Crippen molar-refractivity contribution in [1.29, 1.82) is 0 Å². The third-order valence-electron chi connectivity index (χ3n) is 5.26. The van der Waals surface area contributed by atoms with Gasteiger partial charge in [-0.25, -0.2) is 0 Å². The molecule has 1 spiro atoms. The molecule has 2 aromatic rings. The average molecular weight is 308 g/mol. The van der Waals surface area contributed by atoms with Crippen LogP contribution in [0.4, 0.5) is 0 Å². The van der Waals surface area contributed by atoms with E-state index in [1.165, 1.54) is 18.2 Å². The summed E-state index contributed by atoms with van der Waals surface area (Å²) in [6.07, 6.45) is 2.99. The van der Waals surface area contributed by atoms with Crippen LogP contribution >= 0.6 is 0 Å². The van der Waals surface area contributed by atoms with E-state index in [1.807, 2.05) is 24.3 Å². The third kappa shape index (κ3) is 2.40. The molecule has 0 radical (unpaired) electrons. The molecule has 0 bridgehead atoms. The van der Waals surface area contributed by atoms with Gasteiger partial charge < -0.3 is 9.47 Å². The molecular formula is C20H20O3. The number of carbonyl (C=O) groups excluding carboxylic acids is 1. The van der Waals surface area contributed by atoms with Crippen LogP contribution in [0.5, 0.6) is 5.75 Å². The number of hydrogen-bond acceptors (Lipinski definition) is 3. The first-order valence-electron chi connectivity index (χ1n) is 8.11. The summed E-state index contributed by atoms with van der Waals surface area (Å²) in [6, 6.07) is 16.5. The maximum absolute atomic E-state index is 11.8. The molecule has 118 valence electrons. The van der Waals surface area contributed by atoms with Crippen LogP contribution in [0.3, 0.4) is 0 Å². The lowest BCUT2D eigenvalue weighted by Gasteiger charge is -2.12. The lowest BCUT2D eigenvalue weighted by atomic mass is 9.95. The quantitative estimate of drug-likeness (QED) is 0.809. The van der Waals surface area contributed by atoms with Gasteiger partial charge in [-0.2, -0.15) is 0 Å². The molecular weight excluding hydrogens is 288 g/mol. The van der Waals surface area contributed by atoms with E-state index in [4.69, 9.17) is 9.47 Å². The van der Waals surface area contributed by atoms with E-state index in [9.17, 15) is 4.79 Å². The third-order valence-corrected chi connectivity index (χ3v) is 5.26. The van der Waals surface area contributed by atoms with Crippen LogP contribution < -0.4 is 4.74 Å². The highest BCUT2D eigenvalue weighted by Crippen LogP contribution is 2.62. The normalized spacial score (nSPS) is 24.3. The van der Waals surface area contributed by atoms with E-state index in [1.54, 1.807) is 0 Å². The number of rotatable bonds is 4. The highest BCUT2D eigenvalue weighted by atomic mass is 16.5. The molecule has 2 atom stereocenters. The van der Waals surface area contributed by atoms with Crippen molar-refractivity contribution in [1.82, 2.24) is 0 Å². The number of benzene rings is 2. The largest absolute Gasteiger partial charge is 0.489 e. The Balaban J connectivity index is 1.49. The molecule has 2 aliphatic rings. The van der Waals surface area contributed by atoms with Crippen molar-refractivity contribution >= 4 is 5.97 Å². The molecule has 0 aromatic heterocycles. The standard InChI is InChI=1S/C20H20O3/c1-22-19(21)18-12-20(18)10-9-15-11-16(7-8-17(15)20)23-13-14-5-3-2-4-6-14/h2-8,11,18H,9-10,12-13H2,1H3. The summed E-state index contributed by atoms with van der Waals surface area (Å²) in [5.74, 6) is 0.881. The number of carbonyl (C=O) groups is 1. The highest BCUT2D eigenvalue weighted by Gasteiger charge is 2.62. The van der Waals surface area contributed by atoms with Gasteiger partial charge in [0.05, 0.1) is 13.0 Å². The zero-order chi connectivity index (χ0) is 15.9. The maximum Gasteiger partial charge on any atom is 0.309 e. The monoisotopic (exact) mass is 308 g/mol. The summed E-state index contributed by atoms with van der Waals surface area (Å²) >= 11 is 0. The number of esters is 1. The smallest absolute Gasteiger partial charge is 0.309 e. The maximum atomic E-state index is 11.8. The van der Waals surface area contributed by atoms with Crippen molar-refractivity contribution in [2.24, 2.45) is 5.92 Å². The van der Waals surface area contributed by atoms with Crippen molar-refractivity contribution in [3.8, 4) is 5.75 Å². The van der Waals surface area contributed by atoms with Crippen LogP contribution in [-0.4, -0.2) is 13.1 Å². The highest BCUT2D eigenvalue weighted by molar-refractivity contribution is 5.80. The van der Waals surface area contributed by atoms with Gasteiger partial charge in [0.1, 0.15) is 12.4 Å². The number of aryl methyl sites for hydroxylation is 1. The van der Waals surface area contributed by atoms with E-state index in [-0.39, 0.29) is 17.3 Å². The van der Waals surface area contributed by atoms with Gasteiger partial charge in [-0.1, -0.05) is 36.4 Å². The Hall–Kier alpha value is -2.29. The van der Waals surface area contributed by atoms with Gasteiger partial charge in [-0.05, 0) is 48.1 Å². The average Bonchev–Trinajstić information content (AvgIpc) is 3.22. The van der Waals surface area contributed by atoms with Gasteiger partial charge in [0.2, 0.25) is 0 Å². The zero-order valence-corrected chi connectivity index (χ0v) is 13.2. The predicted molar refractivity (Wildman–Crippen MR) is 87.3 cm³/mol. The van der Waals surface area contributed by atoms with E-state index in [2.05, 4.69) is 24.3 Å². The number of hydrogen-bond donors (Lipinski definition) is 0. The Labute approximate surface area is 136 Å². The molecule has 3 heteroatoms.